The molecule has 130 valence electrons. The molecule has 8 heteroatoms. The zero-order valence-corrected chi connectivity index (χ0v) is 14.9. The van der Waals surface area contributed by atoms with Crippen LogP contribution in [0.2, 0.25) is 5.02 Å². The summed E-state index contributed by atoms with van der Waals surface area (Å²) in [7, 11) is 0. The number of benzene rings is 1. The number of fused-ring (bicyclic) bond motifs is 1. The molecule has 0 atom stereocenters. The van der Waals surface area contributed by atoms with Crippen molar-refractivity contribution in [3.63, 3.8) is 0 Å². The third-order valence-electron chi connectivity index (χ3n) is 3.46. The maximum atomic E-state index is 12.2. The van der Waals surface area contributed by atoms with Crippen molar-refractivity contribution in [2.75, 3.05) is 12.4 Å². The summed E-state index contributed by atoms with van der Waals surface area (Å²) in [5.74, 6) is 0.655. The van der Waals surface area contributed by atoms with Gasteiger partial charge in [-0.15, -0.1) is 11.8 Å². The van der Waals surface area contributed by atoms with Crippen molar-refractivity contribution >= 4 is 34.5 Å². The minimum atomic E-state index is -0.535. The molecule has 1 N–H and O–H groups in total. The van der Waals surface area contributed by atoms with Crippen LogP contribution in [0, 0.1) is 0 Å². The molecular formula is C17H15ClN2O4S. The Kier molecular flexibility index (Phi) is 5.45. The smallest absolute Gasteiger partial charge is 0.337 e. The second-order valence-corrected chi connectivity index (χ2v) is 6.75. The number of hydrogen-bond acceptors (Lipinski definition) is 6. The summed E-state index contributed by atoms with van der Waals surface area (Å²) in [4.78, 5) is 31.5. The van der Waals surface area contributed by atoms with Crippen LogP contribution in [0.1, 0.15) is 12.5 Å². The number of aromatic amines is 1. The normalized spacial score (nSPS) is 11.0. The van der Waals surface area contributed by atoms with Gasteiger partial charge in [0.1, 0.15) is 12.0 Å². The predicted molar refractivity (Wildman–Crippen MR) is 97.9 cm³/mol. The number of aryl methyl sites for hydroxylation is 1. The zero-order chi connectivity index (χ0) is 17.8. The average Bonchev–Trinajstić information content (AvgIpc) is 2.59. The lowest BCUT2D eigenvalue weighted by atomic mass is 10.1. The number of H-pyrrole nitrogens is 1. The molecule has 2 heterocycles. The van der Waals surface area contributed by atoms with Gasteiger partial charge in [-0.3, -0.25) is 9.78 Å². The molecule has 0 aliphatic rings. The monoisotopic (exact) mass is 378 g/mol. The van der Waals surface area contributed by atoms with Crippen LogP contribution in [-0.2, 0) is 6.42 Å². The highest BCUT2D eigenvalue weighted by molar-refractivity contribution is 7.99. The fourth-order valence-electron chi connectivity index (χ4n) is 2.30. The van der Waals surface area contributed by atoms with Crippen LogP contribution in [0.25, 0.3) is 11.1 Å². The Hall–Kier alpha value is -2.25. The first kappa shape index (κ1) is 17.6. The molecule has 0 amide bonds. The second-order valence-electron chi connectivity index (χ2n) is 5.15. The minimum Gasteiger partial charge on any atom is -0.464 e. The highest BCUT2D eigenvalue weighted by Crippen LogP contribution is 2.20. The molecule has 0 bridgehead atoms. The van der Waals surface area contributed by atoms with E-state index in [1.165, 1.54) is 6.07 Å². The second kappa shape index (κ2) is 7.76. The van der Waals surface area contributed by atoms with Gasteiger partial charge in [-0.1, -0.05) is 18.5 Å². The highest BCUT2D eigenvalue weighted by atomic mass is 35.5. The quantitative estimate of drug-likeness (QED) is 0.523. The summed E-state index contributed by atoms with van der Waals surface area (Å²) in [5.41, 5.74) is -0.323. The molecule has 3 aromatic rings. The van der Waals surface area contributed by atoms with E-state index in [4.69, 9.17) is 20.8 Å². The third kappa shape index (κ3) is 4.24. The lowest BCUT2D eigenvalue weighted by Crippen LogP contribution is -2.15. The van der Waals surface area contributed by atoms with E-state index in [0.717, 1.165) is 4.90 Å². The first-order valence-electron chi connectivity index (χ1n) is 7.65. The first-order chi connectivity index (χ1) is 12.1. The van der Waals surface area contributed by atoms with Gasteiger partial charge in [0.15, 0.2) is 0 Å². The van der Waals surface area contributed by atoms with Crippen molar-refractivity contribution in [2.24, 2.45) is 0 Å². The van der Waals surface area contributed by atoms with Gasteiger partial charge in [0, 0.05) is 21.7 Å². The SMILES string of the molecule is CCc1cc(=O)oc2nc(OCCSc3ccc(Cl)cc3)[nH]c(=O)c12. The summed E-state index contributed by atoms with van der Waals surface area (Å²) in [6.45, 7) is 2.19. The molecule has 0 aliphatic heterocycles. The number of ether oxygens (including phenoxy) is 1. The number of nitrogens with one attached hydrogen (secondary N) is 1. The molecular weight excluding hydrogens is 364 g/mol. The molecule has 2 aromatic heterocycles. The number of hydrogen-bond donors (Lipinski definition) is 1. The van der Waals surface area contributed by atoms with Crippen LogP contribution in [0.4, 0.5) is 0 Å². The highest BCUT2D eigenvalue weighted by Gasteiger charge is 2.12. The van der Waals surface area contributed by atoms with Crippen LogP contribution < -0.4 is 15.9 Å². The lowest BCUT2D eigenvalue weighted by molar-refractivity contribution is 0.314. The standard InChI is InChI=1S/C17H15ClN2O4S/c1-2-10-9-13(21)24-16-14(10)15(22)19-17(20-16)23-7-8-25-12-5-3-11(18)4-6-12/h3-6,9H,2,7-8H2,1H3,(H,19,20,22). The number of aromatic nitrogens is 2. The Bertz CT molecular complexity index is 998. The van der Waals surface area contributed by atoms with E-state index in [1.807, 2.05) is 31.2 Å². The van der Waals surface area contributed by atoms with E-state index in [-0.39, 0.29) is 22.7 Å². The lowest BCUT2D eigenvalue weighted by Gasteiger charge is -2.06. The minimum absolute atomic E-state index is 0.00606. The molecule has 0 aliphatic carbocycles. The van der Waals surface area contributed by atoms with Gasteiger partial charge in [0.05, 0.1) is 0 Å². The van der Waals surface area contributed by atoms with Crippen molar-refractivity contribution in [1.82, 2.24) is 9.97 Å². The van der Waals surface area contributed by atoms with Crippen molar-refractivity contribution in [3.05, 3.63) is 61.7 Å². The van der Waals surface area contributed by atoms with Crippen molar-refractivity contribution in [3.8, 4) is 6.01 Å². The van der Waals surface area contributed by atoms with Gasteiger partial charge in [-0.25, -0.2) is 4.79 Å². The molecule has 0 spiro atoms. The zero-order valence-electron chi connectivity index (χ0n) is 13.4. The van der Waals surface area contributed by atoms with Crippen molar-refractivity contribution in [1.29, 1.82) is 0 Å². The Morgan fingerprint density at radius 3 is 2.76 bits per heavy atom. The van der Waals surface area contributed by atoms with E-state index in [9.17, 15) is 9.59 Å². The number of nitrogens with zero attached hydrogens (tertiary/aromatic N) is 1. The fourth-order valence-corrected chi connectivity index (χ4v) is 3.16. The number of thioether (sulfide) groups is 1. The summed E-state index contributed by atoms with van der Waals surface area (Å²) in [6, 6.07) is 8.82. The van der Waals surface area contributed by atoms with Gasteiger partial charge < -0.3 is 9.15 Å². The summed E-state index contributed by atoms with van der Waals surface area (Å²) in [5, 5.41) is 0.969. The van der Waals surface area contributed by atoms with E-state index < -0.39 is 5.63 Å². The molecule has 6 nitrogen and oxygen atoms in total. The maximum Gasteiger partial charge on any atom is 0.337 e. The van der Waals surface area contributed by atoms with Gasteiger partial charge in [0.2, 0.25) is 5.71 Å². The van der Waals surface area contributed by atoms with Gasteiger partial charge in [-0.05, 0) is 36.2 Å². The molecule has 3 rings (SSSR count). The molecule has 0 unspecified atom stereocenters. The van der Waals surface area contributed by atoms with Crippen molar-refractivity contribution in [2.45, 2.75) is 18.2 Å². The van der Waals surface area contributed by atoms with Gasteiger partial charge in [0.25, 0.3) is 11.6 Å². The van der Waals surface area contributed by atoms with Crippen LogP contribution in [0.3, 0.4) is 0 Å². The van der Waals surface area contributed by atoms with Crippen molar-refractivity contribution < 1.29 is 9.15 Å². The first-order valence-corrected chi connectivity index (χ1v) is 9.01. The van der Waals surface area contributed by atoms with E-state index in [2.05, 4.69) is 9.97 Å². The van der Waals surface area contributed by atoms with Crippen LogP contribution in [0.5, 0.6) is 6.01 Å². The predicted octanol–water partition coefficient (Wildman–Crippen LogP) is 3.26. The molecule has 0 saturated carbocycles. The molecule has 0 saturated heterocycles. The molecule has 0 fully saturated rings. The third-order valence-corrected chi connectivity index (χ3v) is 4.69. The fraction of sp³-hybridized carbons (Fsp3) is 0.235. The summed E-state index contributed by atoms with van der Waals surface area (Å²) < 4.78 is 10.5. The largest absolute Gasteiger partial charge is 0.464 e. The summed E-state index contributed by atoms with van der Waals surface area (Å²) in [6.07, 6.45) is 0.533. The summed E-state index contributed by atoms with van der Waals surface area (Å²) >= 11 is 7.43. The number of rotatable bonds is 6. The van der Waals surface area contributed by atoms with Gasteiger partial charge in [-0.2, -0.15) is 4.98 Å². The number of halogens is 1. The molecule has 1 aromatic carbocycles. The van der Waals surface area contributed by atoms with E-state index in [1.54, 1.807) is 11.8 Å². The topological polar surface area (TPSA) is 85.2 Å². The van der Waals surface area contributed by atoms with Crippen LogP contribution in [-0.4, -0.2) is 22.3 Å². The van der Waals surface area contributed by atoms with E-state index in [0.29, 0.717) is 29.4 Å². The average molecular weight is 379 g/mol. The Labute approximate surface area is 152 Å². The van der Waals surface area contributed by atoms with E-state index >= 15 is 0 Å². The Morgan fingerprint density at radius 1 is 1.28 bits per heavy atom. The van der Waals surface area contributed by atoms with Gasteiger partial charge >= 0.3 is 5.63 Å². The van der Waals surface area contributed by atoms with Crippen LogP contribution >= 0.6 is 23.4 Å². The molecule has 25 heavy (non-hydrogen) atoms. The maximum absolute atomic E-state index is 12.2. The Balaban J connectivity index is 1.70. The Morgan fingerprint density at radius 2 is 2.04 bits per heavy atom. The molecule has 0 radical (unpaired) electrons. The van der Waals surface area contributed by atoms with Crippen LogP contribution in [0.15, 0.2) is 49.2 Å².